The number of para-hydroxylation sites is 2. The minimum Gasteiger partial charge on any atom is -0.457 e. The van der Waals surface area contributed by atoms with Crippen molar-refractivity contribution in [2.45, 2.75) is 0 Å². The lowest BCUT2D eigenvalue weighted by Crippen LogP contribution is -2.32. The zero-order valence-corrected chi connectivity index (χ0v) is 19.8. The number of amides is 1. The summed E-state index contributed by atoms with van der Waals surface area (Å²) < 4.78 is 11.6. The van der Waals surface area contributed by atoms with E-state index in [1.807, 2.05) is 60.7 Å². The number of nitrogens with zero attached hydrogens (tertiary/aromatic N) is 1. The molecule has 6 nitrogen and oxygen atoms in total. The average Bonchev–Trinajstić information content (AvgIpc) is 3.52. The molecular weight excluding hydrogens is 482 g/mol. The Labute approximate surface area is 211 Å². The number of carbonyl (C=O) groups is 1. The van der Waals surface area contributed by atoms with Gasteiger partial charge in [-0.05, 0) is 60.8 Å². The smallest absolute Gasteiger partial charge is 0.250 e. The van der Waals surface area contributed by atoms with Crippen LogP contribution in [0.2, 0.25) is 5.02 Å². The lowest BCUT2D eigenvalue weighted by atomic mass is 10.2. The first kappa shape index (κ1) is 22.6. The van der Waals surface area contributed by atoms with Gasteiger partial charge in [0.25, 0.3) is 0 Å². The largest absolute Gasteiger partial charge is 0.457 e. The predicted octanol–water partition coefficient (Wildman–Crippen LogP) is 6.93. The Morgan fingerprint density at radius 3 is 2.57 bits per heavy atom. The van der Waals surface area contributed by atoms with Crippen molar-refractivity contribution < 1.29 is 13.6 Å². The summed E-state index contributed by atoms with van der Waals surface area (Å²) in [5, 5.41) is 6.21. The number of rotatable bonds is 5. The third-order valence-corrected chi connectivity index (χ3v) is 5.60. The Kier molecular flexibility index (Phi) is 6.43. The standard InChI is InChI=1S/C27H18ClN3O3S/c28-21-13-10-18(16-20(21)26-30-22-8-4-5-9-24(22)34-26)29-27(35)31-25(32)15-12-19-11-14-23(33-19)17-6-2-1-3-7-17/h1-16H,(H2,29,31,32,35)/b15-12+. The molecule has 3 aromatic carbocycles. The van der Waals surface area contributed by atoms with Crippen LogP contribution in [0.5, 0.6) is 0 Å². The predicted molar refractivity (Wildman–Crippen MR) is 142 cm³/mol. The molecule has 2 aromatic heterocycles. The molecule has 0 aliphatic carbocycles. The zero-order chi connectivity index (χ0) is 24.2. The number of benzene rings is 3. The molecule has 5 aromatic rings. The number of fused-ring (bicyclic) bond motifs is 1. The van der Waals surface area contributed by atoms with Gasteiger partial charge in [0.05, 0.1) is 10.6 Å². The first-order valence-electron chi connectivity index (χ1n) is 10.7. The summed E-state index contributed by atoms with van der Waals surface area (Å²) >= 11 is 11.7. The Morgan fingerprint density at radius 1 is 0.943 bits per heavy atom. The molecule has 2 heterocycles. The van der Waals surface area contributed by atoms with E-state index in [1.54, 1.807) is 30.3 Å². The summed E-state index contributed by atoms with van der Waals surface area (Å²) in [6, 6.07) is 26.0. The molecule has 1 amide bonds. The van der Waals surface area contributed by atoms with Gasteiger partial charge in [0.1, 0.15) is 17.0 Å². The normalized spacial score (nSPS) is 11.1. The second-order valence-electron chi connectivity index (χ2n) is 7.53. The summed E-state index contributed by atoms with van der Waals surface area (Å²) in [7, 11) is 0. The van der Waals surface area contributed by atoms with Gasteiger partial charge in [-0.3, -0.25) is 10.1 Å². The molecule has 0 unspecified atom stereocenters. The molecular formula is C27H18ClN3O3S. The number of carbonyl (C=O) groups excluding carboxylic acids is 1. The Morgan fingerprint density at radius 2 is 1.74 bits per heavy atom. The van der Waals surface area contributed by atoms with E-state index in [-0.39, 0.29) is 5.11 Å². The van der Waals surface area contributed by atoms with E-state index in [1.165, 1.54) is 6.08 Å². The van der Waals surface area contributed by atoms with Crippen LogP contribution in [-0.2, 0) is 4.79 Å². The van der Waals surface area contributed by atoms with Gasteiger partial charge in [-0.2, -0.15) is 0 Å². The first-order chi connectivity index (χ1) is 17.0. The van der Waals surface area contributed by atoms with Gasteiger partial charge in [-0.1, -0.05) is 54.1 Å². The zero-order valence-electron chi connectivity index (χ0n) is 18.2. The fourth-order valence-corrected chi connectivity index (χ4v) is 3.84. The van der Waals surface area contributed by atoms with Crippen LogP contribution in [0, 0.1) is 0 Å². The van der Waals surface area contributed by atoms with Crippen LogP contribution >= 0.6 is 23.8 Å². The molecule has 35 heavy (non-hydrogen) atoms. The lowest BCUT2D eigenvalue weighted by Gasteiger charge is -2.09. The van der Waals surface area contributed by atoms with Gasteiger partial charge in [-0.15, -0.1) is 0 Å². The number of nitrogens with one attached hydrogen (secondary N) is 2. The van der Waals surface area contributed by atoms with Crippen LogP contribution < -0.4 is 10.6 Å². The number of hydrogen-bond acceptors (Lipinski definition) is 5. The van der Waals surface area contributed by atoms with E-state index in [4.69, 9.17) is 32.7 Å². The van der Waals surface area contributed by atoms with Crippen LogP contribution in [0.15, 0.2) is 99.8 Å². The summed E-state index contributed by atoms with van der Waals surface area (Å²) in [6.45, 7) is 0. The van der Waals surface area contributed by atoms with Crippen molar-refractivity contribution in [1.29, 1.82) is 0 Å². The van der Waals surface area contributed by atoms with E-state index < -0.39 is 5.91 Å². The molecule has 0 atom stereocenters. The third-order valence-electron chi connectivity index (χ3n) is 5.07. The van der Waals surface area contributed by atoms with Crippen LogP contribution in [-0.4, -0.2) is 16.0 Å². The molecule has 0 saturated carbocycles. The third kappa shape index (κ3) is 5.32. The molecule has 0 aliphatic heterocycles. The number of furan rings is 1. The fraction of sp³-hybridized carbons (Fsp3) is 0. The monoisotopic (exact) mass is 499 g/mol. The number of anilines is 1. The van der Waals surface area contributed by atoms with Crippen molar-refractivity contribution in [2.24, 2.45) is 0 Å². The number of aromatic nitrogens is 1. The molecule has 0 fully saturated rings. The quantitative estimate of drug-likeness (QED) is 0.201. The molecule has 0 aliphatic rings. The molecule has 5 rings (SSSR count). The highest BCUT2D eigenvalue weighted by Gasteiger charge is 2.13. The first-order valence-corrected chi connectivity index (χ1v) is 11.4. The molecule has 8 heteroatoms. The minimum absolute atomic E-state index is 0.134. The van der Waals surface area contributed by atoms with Crippen molar-refractivity contribution in [3.63, 3.8) is 0 Å². The van der Waals surface area contributed by atoms with Gasteiger partial charge < -0.3 is 14.2 Å². The van der Waals surface area contributed by atoms with Crippen molar-refractivity contribution in [2.75, 3.05) is 5.32 Å². The number of thiocarbonyl (C=S) groups is 1. The maximum atomic E-state index is 12.3. The number of hydrogen-bond donors (Lipinski definition) is 2. The summed E-state index contributed by atoms with van der Waals surface area (Å²) in [4.78, 5) is 16.8. The van der Waals surface area contributed by atoms with Gasteiger partial charge >= 0.3 is 0 Å². The molecule has 0 spiro atoms. The molecule has 0 radical (unpaired) electrons. The van der Waals surface area contributed by atoms with E-state index in [0.29, 0.717) is 33.5 Å². The summed E-state index contributed by atoms with van der Waals surface area (Å²) in [5.74, 6) is 1.28. The van der Waals surface area contributed by atoms with E-state index in [2.05, 4.69) is 15.6 Å². The highest BCUT2D eigenvalue weighted by molar-refractivity contribution is 7.80. The second kappa shape index (κ2) is 9.97. The molecule has 172 valence electrons. The van der Waals surface area contributed by atoms with Crippen LogP contribution in [0.3, 0.4) is 0 Å². The van der Waals surface area contributed by atoms with Crippen molar-refractivity contribution in [1.82, 2.24) is 10.3 Å². The van der Waals surface area contributed by atoms with Crippen molar-refractivity contribution in [3.8, 4) is 22.8 Å². The van der Waals surface area contributed by atoms with Crippen molar-refractivity contribution in [3.05, 3.63) is 102 Å². The maximum absolute atomic E-state index is 12.3. The molecule has 2 N–H and O–H groups in total. The fourth-order valence-electron chi connectivity index (χ4n) is 3.43. The summed E-state index contributed by atoms with van der Waals surface area (Å²) in [5.41, 5.74) is 3.59. The lowest BCUT2D eigenvalue weighted by molar-refractivity contribution is -0.115. The highest BCUT2D eigenvalue weighted by Crippen LogP contribution is 2.32. The average molecular weight is 500 g/mol. The SMILES string of the molecule is O=C(/C=C/c1ccc(-c2ccccc2)o1)NC(=S)Nc1ccc(Cl)c(-c2nc3ccccc3o2)c1. The number of oxazole rings is 1. The minimum atomic E-state index is -0.395. The Hall–Kier alpha value is -4.20. The van der Waals surface area contributed by atoms with Crippen LogP contribution in [0.4, 0.5) is 5.69 Å². The van der Waals surface area contributed by atoms with Gasteiger partial charge in [0, 0.05) is 17.3 Å². The molecule has 0 saturated heterocycles. The van der Waals surface area contributed by atoms with Crippen LogP contribution in [0.1, 0.15) is 5.76 Å². The van der Waals surface area contributed by atoms with Gasteiger partial charge in [0.15, 0.2) is 10.7 Å². The highest BCUT2D eigenvalue weighted by atomic mass is 35.5. The Bertz CT molecular complexity index is 1520. The van der Waals surface area contributed by atoms with Gasteiger partial charge in [-0.25, -0.2) is 4.98 Å². The van der Waals surface area contributed by atoms with Crippen LogP contribution in [0.25, 0.3) is 40.0 Å². The second-order valence-corrected chi connectivity index (χ2v) is 8.34. The Balaban J connectivity index is 1.23. The van der Waals surface area contributed by atoms with Gasteiger partial charge in [0.2, 0.25) is 11.8 Å². The number of halogens is 1. The van der Waals surface area contributed by atoms with E-state index >= 15 is 0 Å². The van der Waals surface area contributed by atoms with Crippen molar-refractivity contribution >= 4 is 57.7 Å². The summed E-state index contributed by atoms with van der Waals surface area (Å²) in [6.07, 6.45) is 2.94. The van der Waals surface area contributed by atoms with E-state index in [9.17, 15) is 4.79 Å². The topological polar surface area (TPSA) is 80.3 Å². The maximum Gasteiger partial charge on any atom is 0.250 e. The molecule has 0 bridgehead atoms. The van der Waals surface area contributed by atoms with E-state index in [0.717, 1.165) is 16.8 Å².